The summed E-state index contributed by atoms with van der Waals surface area (Å²) < 4.78 is 5.56. The van der Waals surface area contributed by atoms with E-state index >= 15 is 0 Å². The quantitative estimate of drug-likeness (QED) is 0.172. The lowest BCUT2D eigenvalue weighted by atomic mass is 10.0. The lowest BCUT2D eigenvalue weighted by Crippen LogP contribution is -2.12. The Labute approximate surface area is 237 Å². The van der Waals surface area contributed by atoms with Crippen molar-refractivity contribution in [1.29, 1.82) is 0 Å². The number of amides is 2. The lowest BCUT2D eigenvalue weighted by molar-refractivity contribution is 0.101. The van der Waals surface area contributed by atoms with Gasteiger partial charge in [0.1, 0.15) is 11.4 Å². The maximum Gasteiger partial charge on any atom is 0.259 e. The summed E-state index contributed by atoms with van der Waals surface area (Å²) in [6.07, 6.45) is 0.596. The van der Waals surface area contributed by atoms with Crippen LogP contribution in [0.2, 0.25) is 0 Å². The largest absolute Gasteiger partial charge is 0.505 e. The van der Waals surface area contributed by atoms with E-state index < -0.39 is 5.91 Å². The van der Waals surface area contributed by atoms with E-state index in [1.54, 1.807) is 54.6 Å². The second kappa shape index (κ2) is 12.1. The van der Waals surface area contributed by atoms with Crippen molar-refractivity contribution in [1.82, 2.24) is 0 Å². The third kappa shape index (κ3) is 5.91. The molecule has 41 heavy (non-hydrogen) atoms. The molecule has 0 saturated heterocycles. The molecule has 0 saturated carbocycles. The molecule has 0 aromatic heterocycles. The number of fused-ring (bicyclic) bond motifs is 1. The predicted octanol–water partition coefficient (Wildman–Crippen LogP) is 8.04. The van der Waals surface area contributed by atoms with Gasteiger partial charge in [-0.15, -0.1) is 10.2 Å². The Bertz CT molecular complexity index is 1750. The molecule has 204 valence electrons. The summed E-state index contributed by atoms with van der Waals surface area (Å²) in [7, 11) is 1.51. The first-order valence-electron chi connectivity index (χ1n) is 13.1. The summed E-state index contributed by atoms with van der Waals surface area (Å²) in [6.45, 7) is 1.96. The molecule has 0 unspecified atom stereocenters. The summed E-state index contributed by atoms with van der Waals surface area (Å²) in [4.78, 5) is 25.9. The SMILES string of the molecule is CCc1cc(NC(=O)c2ccccc2)c(OC)cc1N=Nc1c(O)c(C(=O)Nc2ccccc2)cc2ccccc12. The molecule has 0 fully saturated rings. The molecule has 5 rings (SSSR count). The molecule has 0 aliphatic carbocycles. The van der Waals surface area contributed by atoms with Gasteiger partial charge in [0.05, 0.1) is 24.0 Å². The minimum absolute atomic E-state index is 0.0776. The van der Waals surface area contributed by atoms with Crippen molar-refractivity contribution < 1.29 is 19.4 Å². The van der Waals surface area contributed by atoms with Crippen LogP contribution >= 0.6 is 0 Å². The average Bonchev–Trinajstić information content (AvgIpc) is 3.01. The van der Waals surface area contributed by atoms with E-state index in [-0.39, 0.29) is 22.9 Å². The fourth-order valence-corrected chi connectivity index (χ4v) is 4.46. The van der Waals surface area contributed by atoms with E-state index in [9.17, 15) is 14.7 Å². The van der Waals surface area contributed by atoms with E-state index in [1.165, 1.54) is 7.11 Å². The molecule has 5 aromatic rings. The first-order chi connectivity index (χ1) is 20.0. The van der Waals surface area contributed by atoms with E-state index in [4.69, 9.17) is 4.74 Å². The Morgan fingerprint density at radius 3 is 2.20 bits per heavy atom. The normalized spacial score (nSPS) is 11.0. The Hall–Kier alpha value is -5.50. The highest BCUT2D eigenvalue weighted by Gasteiger charge is 2.19. The van der Waals surface area contributed by atoms with Crippen LogP contribution in [-0.2, 0) is 6.42 Å². The number of azo groups is 1. The molecule has 0 aliphatic rings. The predicted molar refractivity (Wildman–Crippen MR) is 161 cm³/mol. The molecular formula is C33H28N4O4. The number of nitrogens with zero attached hydrogens (tertiary/aromatic N) is 2. The topological polar surface area (TPSA) is 112 Å². The van der Waals surface area contributed by atoms with Crippen molar-refractivity contribution in [3.63, 3.8) is 0 Å². The van der Waals surface area contributed by atoms with Crippen molar-refractivity contribution in [3.05, 3.63) is 120 Å². The van der Waals surface area contributed by atoms with E-state index in [1.807, 2.05) is 55.5 Å². The maximum absolute atomic E-state index is 13.1. The third-order valence-electron chi connectivity index (χ3n) is 6.60. The molecular weight excluding hydrogens is 516 g/mol. The minimum Gasteiger partial charge on any atom is -0.505 e. The van der Waals surface area contributed by atoms with Gasteiger partial charge < -0.3 is 20.5 Å². The highest BCUT2D eigenvalue weighted by atomic mass is 16.5. The first-order valence-corrected chi connectivity index (χ1v) is 13.1. The lowest BCUT2D eigenvalue weighted by Gasteiger charge is -2.14. The summed E-state index contributed by atoms with van der Waals surface area (Å²) in [5.74, 6) is -0.601. The van der Waals surface area contributed by atoms with E-state index in [0.29, 0.717) is 40.2 Å². The molecule has 2 amide bonds. The average molecular weight is 545 g/mol. The van der Waals surface area contributed by atoms with Crippen LogP contribution in [0.4, 0.5) is 22.7 Å². The zero-order chi connectivity index (χ0) is 28.8. The monoisotopic (exact) mass is 544 g/mol. The summed E-state index contributed by atoms with van der Waals surface area (Å²) in [5, 5.41) is 27.2. The van der Waals surface area contributed by atoms with Gasteiger partial charge in [-0.25, -0.2) is 0 Å². The second-order valence-corrected chi connectivity index (χ2v) is 9.22. The third-order valence-corrected chi connectivity index (χ3v) is 6.60. The van der Waals surface area contributed by atoms with E-state index in [0.717, 1.165) is 10.9 Å². The van der Waals surface area contributed by atoms with Crippen LogP contribution in [0.15, 0.2) is 113 Å². The standard InChI is InChI=1S/C33H28N4O4/c1-3-21-19-28(35-32(39)22-12-6-4-7-13-22)29(41-2)20-27(21)36-37-30-25-17-11-10-14-23(25)18-26(31(30)38)33(40)34-24-15-8-5-9-16-24/h4-20,38H,3H2,1-2H3,(H,34,40)(H,35,39). The molecule has 8 heteroatoms. The van der Waals surface area contributed by atoms with Crippen LogP contribution in [0.3, 0.4) is 0 Å². The number of phenolic OH excluding ortho intramolecular Hbond substituents is 1. The van der Waals surface area contributed by atoms with Gasteiger partial charge in [-0.1, -0.05) is 67.6 Å². The Morgan fingerprint density at radius 1 is 0.805 bits per heavy atom. The number of aryl methyl sites for hydroxylation is 1. The van der Waals surface area contributed by atoms with Gasteiger partial charge in [-0.2, -0.15) is 0 Å². The summed E-state index contributed by atoms with van der Waals surface area (Å²) >= 11 is 0. The number of carbonyl (C=O) groups excluding carboxylic acids is 2. The number of hydrogen-bond donors (Lipinski definition) is 3. The Kier molecular flexibility index (Phi) is 8.01. The number of para-hydroxylation sites is 1. The van der Waals surface area contributed by atoms with Gasteiger partial charge in [0.25, 0.3) is 11.8 Å². The molecule has 0 bridgehead atoms. The molecule has 8 nitrogen and oxygen atoms in total. The van der Waals surface area contributed by atoms with Crippen LogP contribution in [-0.4, -0.2) is 24.0 Å². The number of aromatic hydroxyl groups is 1. The Balaban J connectivity index is 1.52. The number of benzene rings is 5. The maximum atomic E-state index is 13.1. The number of rotatable bonds is 8. The van der Waals surface area contributed by atoms with Gasteiger partial charge in [-0.05, 0) is 53.8 Å². The molecule has 0 radical (unpaired) electrons. The molecule has 0 aliphatic heterocycles. The number of phenols is 1. The van der Waals surface area contributed by atoms with Gasteiger partial charge in [0, 0.05) is 22.7 Å². The van der Waals surface area contributed by atoms with Crippen molar-refractivity contribution in [2.75, 3.05) is 17.7 Å². The number of anilines is 2. The molecule has 0 atom stereocenters. The van der Waals surface area contributed by atoms with Crippen molar-refractivity contribution in [3.8, 4) is 11.5 Å². The van der Waals surface area contributed by atoms with Crippen LogP contribution in [0, 0.1) is 0 Å². The highest BCUT2D eigenvalue weighted by Crippen LogP contribution is 2.41. The van der Waals surface area contributed by atoms with Gasteiger partial charge in [0.2, 0.25) is 0 Å². The number of methoxy groups -OCH3 is 1. The molecule has 0 heterocycles. The number of hydrogen-bond acceptors (Lipinski definition) is 6. The number of carbonyl (C=O) groups is 2. The number of ether oxygens (including phenoxy) is 1. The molecule has 0 spiro atoms. The van der Waals surface area contributed by atoms with Crippen molar-refractivity contribution in [2.24, 2.45) is 10.2 Å². The summed E-state index contributed by atoms with van der Waals surface area (Å²) in [5.41, 5.74) is 3.19. The summed E-state index contributed by atoms with van der Waals surface area (Å²) in [6, 6.07) is 30.4. The van der Waals surface area contributed by atoms with Gasteiger partial charge in [-0.3, -0.25) is 9.59 Å². The van der Waals surface area contributed by atoms with Crippen LogP contribution in [0.5, 0.6) is 11.5 Å². The number of nitrogens with one attached hydrogen (secondary N) is 2. The molecule has 3 N–H and O–H groups in total. The highest BCUT2D eigenvalue weighted by molar-refractivity contribution is 6.11. The van der Waals surface area contributed by atoms with Gasteiger partial charge >= 0.3 is 0 Å². The van der Waals surface area contributed by atoms with Crippen LogP contribution in [0.1, 0.15) is 33.2 Å². The fourth-order valence-electron chi connectivity index (χ4n) is 4.46. The fraction of sp³-hybridized carbons (Fsp3) is 0.0909. The zero-order valence-electron chi connectivity index (χ0n) is 22.6. The first kappa shape index (κ1) is 27.1. The molecule has 5 aromatic carbocycles. The van der Waals surface area contributed by atoms with Crippen LogP contribution in [0.25, 0.3) is 10.8 Å². The smallest absolute Gasteiger partial charge is 0.259 e. The van der Waals surface area contributed by atoms with E-state index in [2.05, 4.69) is 20.9 Å². The second-order valence-electron chi connectivity index (χ2n) is 9.22. The van der Waals surface area contributed by atoms with Crippen molar-refractivity contribution >= 4 is 45.3 Å². The zero-order valence-corrected chi connectivity index (χ0v) is 22.6. The van der Waals surface area contributed by atoms with Crippen molar-refractivity contribution in [2.45, 2.75) is 13.3 Å². The van der Waals surface area contributed by atoms with Crippen LogP contribution < -0.4 is 15.4 Å². The Morgan fingerprint density at radius 2 is 1.49 bits per heavy atom. The van der Waals surface area contributed by atoms with Gasteiger partial charge in [0.15, 0.2) is 5.75 Å². The minimum atomic E-state index is -0.467.